The maximum atomic E-state index is 13.0. The van der Waals surface area contributed by atoms with Gasteiger partial charge >= 0.3 is 0 Å². The number of benzene rings is 1. The zero-order valence-corrected chi connectivity index (χ0v) is 9.24. The topological polar surface area (TPSA) is 46.2 Å². The maximum absolute atomic E-state index is 13.0. The second-order valence-electron chi connectivity index (χ2n) is 3.30. The molecule has 0 amide bonds. The van der Waals surface area contributed by atoms with E-state index in [0.717, 1.165) is 6.26 Å². The summed E-state index contributed by atoms with van der Waals surface area (Å²) in [6.45, 7) is -0.0686. The summed E-state index contributed by atoms with van der Waals surface area (Å²) in [5.74, 6) is -3.66. The fraction of sp³-hybridized carbons (Fsp3) is 0.333. The average Bonchev–Trinajstić information content (AvgIpc) is 2.11. The Morgan fingerprint density at radius 1 is 1.12 bits per heavy atom. The molecule has 0 spiro atoms. The maximum Gasteiger partial charge on any atom is 0.161 e. The van der Waals surface area contributed by atoms with E-state index >= 15 is 0 Å². The lowest BCUT2D eigenvalue weighted by Crippen LogP contribution is -2.15. The first kappa shape index (κ1) is 12.8. The normalized spacial score (nSPS) is 11.5. The van der Waals surface area contributed by atoms with E-state index in [1.165, 1.54) is 0 Å². The Labute approximate surface area is 91.2 Å². The van der Waals surface area contributed by atoms with Crippen LogP contribution in [0.5, 0.6) is 0 Å². The number of rotatable bonds is 4. The number of nitrogens with one attached hydrogen (secondary N) is 1. The lowest BCUT2D eigenvalue weighted by atomic mass is 10.3. The Hall–Kier alpha value is -1.24. The van der Waals surface area contributed by atoms with E-state index in [0.29, 0.717) is 12.1 Å². The molecule has 0 fully saturated rings. The van der Waals surface area contributed by atoms with Crippen LogP contribution >= 0.6 is 0 Å². The summed E-state index contributed by atoms with van der Waals surface area (Å²) in [5.41, 5.74) is -0.262. The number of anilines is 1. The van der Waals surface area contributed by atoms with Crippen molar-refractivity contribution in [1.29, 1.82) is 0 Å². The lowest BCUT2D eigenvalue weighted by molar-refractivity contribution is 0.496. The van der Waals surface area contributed by atoms with E-state index in [1.54, 1.807) is 0 Å². The zero-order valence-electron chi connectivity index (χ0n) is 8.43. The predicted octanol–water partition coefficient (Wildman–Crippen LogP) is 1.56. The van der Waals surface area contributed by atoms with Crippen molar-refractivity contribution < 1.29 is 21.6 Å². The van der Waals surface area contributed by atoms with Crippen LogP contribution in [0.15, 0.2) is 12.1 Å². The van der Waals surface area contributed by atoms with Crippen molar-refractivity contribution in [2.45, 2.75) is 0 Å². The summed E-state index contributed by atoms with van der Waals surface area (Å²) in [6, 6.07) is 1.05. The molecule has 0 aliphatic rings. The standard InChI is InChI=1S/C9H10F3NO2S/c1-16(14,15)3-2-13-9-5-7(11)6(10)4-8(9)12/h4-5,13H,2-3H2,1H3. The van der Waals surface area contributed by atoms with Crippen LogP contribution in [0.1, 0.15) is 0 Å². The first-order valence-corrected chi connectivity index (χ1v) is 6.42. The van der Waals surface area contributed by atoms with Gasteiger partial charge in [0.1, 0.15) is 15.7 Å². The minimum Gasteiger partial charge on any atom is -0.382 e. The van der Waals surface area contributed by atoms with Gasteiger partial charge in [-0.15, -0.1) is 0 Å². The molecule has 0 atom stereocenters. The molecule has 0 radical (unpaired) electrons. The Morgan fingerprint density at radius 3 is 2.25 bits per heavy atom. The number of hydrogen-bond donors (Lipinski definition) is 1. The van der Waals surface area contributed by atoms with Crippen molar-refractivity contribution in [3.05, 3.63) is 29.6 Å². The molecule has 16 heavy (non-hydrogen) atoms. The first-order valence-electron chi connectivity index (χ1n) is 4.36. The Kier molecular flexibility index (Phi) is 3.79. The molecule has 0 unspecified atom stereocenters. The van der Waals surface area contributed by atoms with Gasteiger partial charge in [-0.25, -0.2) is 21.6 Å². The Balaban J connectivity index is 2.71. The average molecular weight is 253 g/mol. The van der Waals surface area contributed by atoms with Crippen LogP contribution in [-0.2, 0) is 9.84 Å². The third-order valence-corrected chi connectivity index (χ3v) is 2.74. The van der Waals surface area contributed by atoms with Gasteiger partial charge in [-0.1, -0.05) is 0 Å². The smallest absolute Gasteiger partial charge is 0.161 e. The van der Waals surface area contributed by atoms with Gasteiger partial charge in [-0.05, 0) is 0 Å². The van der Waals surface area contributed by atoms with Gasteiger partial charge in [0.15, 0.2) is 11.6 Å². The molecule has 0 aliphatic heterocycles. The van der Waals surface area contributed by atoms with E-state index in [9.17, 15) is 21.6 Å². The van der Waals surface area contributed by atoms with Crippen LogP contribution < -0.4 is 5.32 Å². The molecule has 0 aromatic heterocycles. The highest BCUT2D eigenvalue weighted by Crippen LogP contribution is 2.17. The van der Waals surface area contributed by atoms with Gasteiger partial charge in [0.25, 0.3) is 0 Å². The molecule has 7 heteroatoms. The molecule has 3 nitrogen and oxygen atoms in total. The molecule has 0 saturated heterocycles. The lowest BCUT2D eigenvalue weighted by Gasteiger charge is -2.07. The molecular formula is C9H10F3NO2S. The van der Waals surface area contributed by atoms with Crippen molar-refractivity contribution >= 4 is 15.5 Å². The SMILES string of the molecule is CS(=O)(=O)CCNc1cc(F)c(F)cc1F. The summed E-state index contributed by atoms with van der Waals surface area (Å²) in [4.78, 5) is 0. The second kappa shape index (κ2) is 4.73. The summed E-state index contributed by atoms with van der Waals surface area (Å²) in [6.07, 6.45) is 1.02. The van der Waals surface area contributed by atoms with Gasteiger partial charge in [0, 0.05) is 24.9 Å². The van der Waals surface area contributed by atoms with Crippen molar-refractivity contribution in [3.63, 3.8) is 0 Å². The van der Waals surface area contributed by atoms with Crippen LogP contribution in [0.25, 0.3) is 0 Å². The van der Waals surface area contributed by atoms with Crippen LogP contribution in [0.2, 0.25) is 0 Å². The highest BCUT2D eigenvalue weighted by Gasteiger charge is 2.10. The van der Waals surface area contributed by atoms with E-state index in [4.69, 9.17) is 0 Å². The quantitative estimate of drug-likeness (QED) is 0.828. The highest BCUT2D eigenvalue weighted by molar-refractivity contribution is 7.90. The van der Waals surface area contributed by atoms with E-state index in [1.807, 2.05) is 0 Å². The predicted molar refractivity (Wildman–Crippen MR) is 54.5 cm³/mol. The fourth-order valence-electron chi connectivity index (χ4n) is 1.03. The summed E-state index contributed by atoms with van der Waals surface area (Å²) < 4.78 is 59.8. The second-order valence-corrected chi connectivity index (χ2v) is 5.56. The van der Waals surface area contributed by atoms with Crippen LogP contribution in [0, 0.1) is 17.5 Å². The third kappa shape index (κ3) is 3.73. The minimum absolute atomic E-state index is 0.0686. The van der Waals surface area contributed by atoms with Crippen molar-refractivity contribution in [3.8, 4) is 0 Å². The highest BCUT2D eigenvalue weighted by atomic mass is 32.2. The first-order chi connectivity index (χ1) is 7.29. The fourth-order valence-corrected chi connectivity index (χ4v) is 1.50. The van der Waals surface area contributed by atoms with Crippen molar-refractivity contribution in [2.75, 3.05) is 23.9 Å². The van der Waals surface area contributed by atoms with E-state index in [2.05, 4.69) is 5.32 Å². The Bertz CT molecular complexity index is 488. The molecule has 1 aromatic rings. The largest absolute Gasteiger partial charge is 0.382 e. The van der Waals surface area contributed by atoms with Crippen LogP contribution in [-0.4, -0.2) is 27.0 Å². The monoisotopic (exact) mass is 253 g/mol. The van der Waals surface area contributed by atoms with Crippen LogP contribution in [0.3, 0.4) is 0 Å². The Morgan fingerprint density at radius 2 is 1.69 bits per heavy atom. The van der Waals surface area contributed by atoms with Gasteiger partial charge in [0.05, 0.1) is 11.4 Å². The molecule has 1 rings (SSSR count). The molecule has 0 bridgehead atoms. The molecule has 1 aromatic carbocycles. The molecule has 90 valence electrons. The van der Waals surface area contributed by atoms with E-state index < -0.39 is 27.3 Å². The third-order valence-electron chi connectivity index (χ3n) is 1.80. The van der Waals surface area contributed by atoms with Crippen LogP contribution in [0.4, 0.5) is 18.9 Å². The number of sulfone groups is 1. The van der Waals surface area contributed by atoms with Gasteiger partial charge < -0.3 is 5.32 Å². The zero-order chi connectivity index (χ0) is 12.3. The van der Waals surface area contributed by atoms with Crippen molar-refractivity contribution in [1.82, 2.24) is 0 Å². The summed E-state index contributed by atoms with van der Waals surface area (Å²) in [7, 11) is -3.18. The minimum atomic E-state index is -3.18. The van der Waals surface area contributed by atoms with E-state index in [-0.39, 0.29) is 18.0 Å². The van der Waals surface area contributed by atoms with Gasteiger partial charge in [0.2, 0.25) is 0 Å². The molecule has 0 aliphatic carbocycles. The van der Waals surface area contributed by atoms with Gasteiger partial charge in [-0.3, -0.25) is 0 Å². The van der Waals surface area contributed by atoms with Gasteiger partial charge in [-0.2, -0.15) is 0 Å². The molecular weight excluding hydrogens is 243 g/mol. The number of halogens is 3. The molecule has 1 N–H and O–H groups in total. The van der Waals surface area contributed by atoms with Crippen molar-refractivity contribution in [2.24, 2.45) is 0 Å². The number of hydrogen-bond acceptors (Lipinski definition) is 3. The summed E-state index contributed by atoms with van der Waals surface area (Å²) in [5, 5.41) is 2.38. The summed E-state index contributed by atoms with van der Waals surface area (Å²) >= 11 is 0. The molecule has 0 heterocycles. The molecule has 0 saturated carbocycles.